The van der Waals surface area contributed by atoms with Crippen molar-refractivity contribution in [3.05, 3.63) is 42.1 Å². The molecule has 1 amide bonds. The SMILES string of the molecule is CC.CSc1ccc2n1-c1ccccc1OC21CCN(C(=O)OC(C)(C)C)CC1. The van der Waals surface area contributed by atoms with Crippen molar-refractivity contribution in [1.29, 1.82) is 0 Å². The highest BCUT2D eigenvalue weighted by Gasteiger charge is 2.45. The number of hydrogen-bond donors (Lipinski definition) is 0. The predicted molar refractivity (Wildman–Crippen MR) is 118 cm³/mol. The van der Waals surface area contributed by atoms with Gasteiger partial charge in [-0.3, -0.25) is 0 Å². The number of thioether (sulfide) groups is 1. The van der Waals surface area contributed by atoms with Gasteiger partial charge in [0, 0.05) is 25.9 Å². The number of amides is 1. The summed E-state index contributed by atoms with van der Waals surface area (Å²) >= 11 is 1.74. The van der Waals surface area contributed by atoms with Gasteiger partial charge in [0.15, 0.2) is 5.60 Å². The van der Waals surface area contributed by atoms with E-state index >= 15 is 0 Å². The van der Waals surface area contributed by atoms with Crippen molar-refractivity contribution in [3.8, 4) is 11.4 Å². The van der Waals surface area contributed by atoms with Gasteiger partial charge in [-0.25, -0.2) is 4.79 Å². The summed E-state index contributed by atoms with van der Waals surface area (Å²) in [5.74, 6) is 0.905. The van der Waals surface area contributed by atoms with Gasteiger partial charge < -0.3 is 18.9 Å². The second-order valence-corrected chi connectivity index (χ2v) is 8.95. The second kappa shape index (κ2) is 8.34. The Morgan fingerprint density at radius 2 is 1.76 bits per heavy atom. The van der Waals surface area contributed by atoms with Crippen molar-refractivity contribution in [1.82, 2.24) is 9.47 Å². The zero-order chi connectivity index (χ0) is 21.2. The number of hydrogen-bond acceptors (Lipinski definition) is 4. The fourth-order valence-electron chi connectivity index (χ4n) is 3.91. The lowest BCUT2D eigenvalue weighted by Crippen LogP contribution is -2.50. The van der Waals surface area contributed by atoms with Crippen molar-refractivity contribution in [2.45, 2.75) is 63.7 Å². The van der Waals surface area contributed by atoms with Gasteiger partial charge >= 0.3 is 6.09 Å². The first kappa shape index (κ1) is 21.6. The minimum absolute atomic E-state index is 0.242. The van der Waals surface area contributed by atoms with Crippen LogP contribution in [0.4, 0.5) is 4.79 Å². The molecular formula is C23H32N2O3S. The lowest BCUT2D eigenvalue weighted by Gasteiger charge is -2.45. The first-order valence-electron chi connectivity index (χ1n) is 10.4. The van der Waals surface area contributed by atoms with Crippen molar-refractivity contribution in [2.24, 2.45) is 0 Å². The van der Waals surface area contributed by atoms with Crippen molar-refractivity contribution in [2.75, 3.05) is 19.3 Å². The summed E-state index contributed by atoms with van der Waals surface area (Å²) in [6, 6.07) is 12.5. The molecule has 2 aliphatic rings. The average molecular weight is 417 g/mol. The molecule has 6 heteroatoms. The molecule has 0 atom stereocenters. The van der Waals surface area contributed by atoms with E-state index in [0.717, 1.165) is 24.3 Å². The van der Waals surface area contributed by atoms with Crippen LogP contribution in [0.15, 0.2) is 41.4 Å². The van der Waals surface area contributed by atoms with E-state index in [-0.39, 0.29) is 6.09 Å². The highest BCUT2D eigenvalue weighted by molar-refractivity contribution is 7.98. The van der Waals surface area contributed by atoms with E-state index in [9.17, 15) is 4.79 Å². The molecular weight excluding hydrogens is 384 g/mol. The molecule has 0 N–H and O–H groups in total. The predicted octanol–water partition coefficient (Wildman–Crippen LogP) is 5.84. The van der Waals surface area contributed by atoms with Gasteiger partial charge in [-0.05, 0) is 51.3 Å². The van der Waals surface area contributed by atoms with Gasteiger partial charge in [-0.2, -0.15) is 0 Å². The summed E-state index contributed by atoms with van der Waals surface area (Å²) in [7, 11) is 0. The van der Waals surface area contributed by atoms with Gasteiger partial charge in [0.05, 0.1) is 16.4 Å². The Labute approximate surface area is 178 Å². The maximum Gasteiger partial charge on any atom is 0.410 e. The summed E-state index contributed by atoms with van der Waals surface area (Å²) in [6.45, 7) is 10.9. The normalized spacial score (nSPS) is 16.8. The average Bonchev–Trinajstić information content (AvgIpc) is 3.14. The molecule has 158 valence electrons. The lowest BCUT2D eigenvalue weighted by molar-refractivity contribution is -0.0272. The number of carbonyl (C=O) groups is 1. The number of nitrogens with zero attached hydrogens (tertiary/aromatic N) is 2. The molecule has 1 fully saturated rings. The monoisotopic (exact) mass is 416 g/mol. The van der Waals surface area contributed by atoms with Gasteiger partial charge in [-0.1, -0.05) is 26.0 Å². The summed E-state index contributed by atoms with van der Waals surface area (Å²) in [5, 5.41) is 1.20. The van der Waals surface area contributed by atoms with E-state index in [1.807, 2.05) is 52.8 Å². The summed E-state index contributed by atoms with van der Waals surface area (Å²) < 4.78 is 14.4. The fraction of sp³-hybridized carbons (Fsp3) is 0.522. The number of ether oxygens (including phenoxy) is 2. The molecule has 1 spiro atoms. The van der Waals surface area contributed by atoms with Crippen LogP contribution in [-0.4, -0.2) is 40.5 Å². The third kappa shape index (κ3) is 4.13. The first-order valence-corrected chi connectivity index (χ1v) is 11.6. The van der Waals surface area contributed by atoms with Crippen LogP contribution < -0.4 is 4.74 Å². The van der Waals surface area contributed by atoms with E-state index in [2.05, 4.69) is 29.0 Å². The molecule has 0 radical (unpaired) electrons. The smallest absolute Gasteiger partial charge is 0.410 e. The van der Waals surface area contributed by atoms with E-state index in [0.29, 0.717) is 13.1 Å². The standard InChI is InChI=1S/C21H26N2O3S.C2H6/c1-20(2,3)26-19(24)22-13-11-21(12-14-22)17-9-10-18(27-4)23(17)15-7-5-6-8-16(15)25-21;1-2/h5-10H,11-14H2,1-4H3;1-2H3. The Hall–Kier alpha value is -2.08. The summed E-state index contributed by atoms with van der Waals surface area (Å²) in [6.07, 6.45) is 3.35. The molecule has 0 saturated carbocycles. The van der Waals surface area contributed by atoms with Crippen LogP contribution in [0, 0.1) is 0 Å². The molecule has 5 nitrogen and oxygen atoms in total. The Kier molecular flexibility index (Phi) is 6.22. The Morgan fingerprint density at radius 3 is 2.38 bits per heavy atom. The lowest BCUT2D eigenvalue weighted by atomic mass is 9.86. The maximum atomic E-state index is 12.4. The van der Waals surface area contributed by atoms with Crippen LogP contribution in [-0.2, 0) is 10.3 Å². The zero-order valence-electron chi connectivity index (χ0n) is 18.3. The fourth-order valence-corrected chi connectivity index (χ4v) is 4.49. The zero-order valence-corrected chi connectivity index (χ0v) is 19.1. The minimum atomic E-state index is -0.478. The van der Waals surface area contributed by atoms with Crippen LogP contribution in [0.1, 0.15) is 53.2 Å². The summed E-state index contributed by atoms with van der Waals surface area (Å²) in [4.78, 5) is 14.2. The number of piperidine rings is 1. The van der Waals surface area contributed by atoms with Crippen LogP contribution in [0.25, 0.3) is 5.69 Å². The molecule has 2 aliphatic heterocycles. The van der Waals surface area contributed by atoms with Crippen LogP contribution >= 0.6 is 11.8 Å². The van der Waals surface area contributed by atoms with Gasteiger partial charge in [0.25, 0.3) is 0 Å². The van der Waals surface area contributed by atoms with Gasteiger partial charge in [-0.15, -0.1) is 11.8 Å². The van der Waals surface area contributed by atoms with E-state index in [1.165, 1.54) is 10.7 Å². The van der Waals surface area contributed by atoms with E-state index in [4.69, 9.17) is 9.47 Å². The second-order valence-electron chi connectivity index (χ2n) is 8.13. The molecule has 0 bridgehead atoms. The molecule has 3 heterocycles. The third-order valence-corrected chi connectivity index (χ3v) is 5.89. The number of carbonyl (C=O) groups excluding carboxylic acids is 1. The molecule has 0 aliphatic carbocycles. The van der Waals surface area contributed by atoms with Crippen LogP contribution in [0.2, 0.25) is 0 Å². The van der Waals surface area contributed by atoms with Crippen molar-refractivity contribution in [3.63, 3.8) is 0 Å². The van der Waals surface area contributed by atoms with E-state index < -0.39 is 11.2 Å². The molecule has 1 aromatic carbocycles. The number of fused-ring (bicyclic) bond motifs is 4. The topological polar surface area (TPSA) is 43.7 Å². The van der Waals surface area contributed by atoms with Crippen LogP contribution in [0.5, 0.6) is 5.75 Å². The van der Waals surface area contributed by atoms with Crippen LogP contribution in [0.3, 0.4) is 0 Å². The van der Waals surface area contributed by atoms with E-state index in [1.54, 1.807) is 16.7 Å². The quantitative estimate of drug-likeness (QED) is 0.548. The minimum Gasteiger partial charge on any atom is -0.479 e. The Morgan fingerprint density at radius 1 is 1.10 bits per heavy atom. The Balaban J connectivity index is 0.00000117. The molecule has 2 aromatic rings. The highest BCUT2D eigenvalue weighted by atomic mass is 32.2. The van der Waals surface area contributed by atoms with Gasteiger partial charge in [0.1, 0.15) is 11.4 Å². The number of benzene rings is 1. The molecule has 4 rings (SSSR count). The first-order chi connectivity index (χ1) is 13.8. The summed E-state index contributed by atoms with van der Waals surface area (Å²) in [5.41, 5.74) is 1.38. The number of rotatable bonds is 1. The number of para-hydroxylation sites is 2. The molecule has 0 unspecified atom stereocenters. The van der Waals surface area contributed by atoms with Crippen molar-refractivity contribution >= 4 is 17.9 Å². The van der Waals surface area contributed by atoms with Crippen molar-refractivity contribution < 1.29 is 14.3 Å². The third-order valence-electron chi connectivity index (χ3n) is 5.16. The molecule has 29 heavy (non-hydrogen) atoms. The highest BCUT2D eigenvalue weighted by Crippen LogP contribution is 2.47. The van der Waals surface area contributed by atoms with Gasteiger partial charge in [0.2, 0.25) is 0 Å². The number of likely N-dealkylation sites (tertiary alicyclic amines) is 1. The Bertz CT molecular complexity index is 861. The molecule has 1 aromatic heterocycles. The molecule has 1 saturated heterocycles. The largest absolute Gasteiger partial charge is 0.479 e. The maximum absolute atomic E-state index is 12.4. The number of aromatic nitrogens is 1.